The molecule has 0 aliphatic rings. The number of carbonyl (C=O) groups is 5. The van der Waals surface area contributed by atoms with Crippen molar-refractivity contribution in [2.75, 3.05) is 4.90 Å². The van der Waals surface area contributed by atoms with E-state index in [4.69, 9.17) is 4.84 Å². The van der Waals surface area contributed by atoms with E-state index in [1.807, 2.05) is 60.4 Å². The second kappa shape index (κ2) is 15.1. The maximum Gasteiger partial charge on any atom is 0.331 e. The molecule has 10 nitrogen and oxygen atoms in total. The van der Waals surface area contributed by atoms with Crippen LogP contribution in [0, 0.1) is 6.92 Å². The number of nitrogens with zero attached hydrogens (tertiary/aromatic N) is 3. The number of rotatable bonds is 11. The summed E-state index contributed by atoms with van der Waals surface area (Å²) in [4.78, 5) is 73.5. The smallest absolute Gasteiger partial charge is 0.318 e. The monoisotopic (exact) mass is 667 g/mol. The summed E-state index contributed by atoms with van der Waals surface area (Å²) in [5.74, 6) is -2.22. The predicted octanol–water partition coefficient (Wildman–Crippen LogP) is 8.09. The van der Waals surface area contributed by atoms with E-state index in [-0.39, 0.29) is 17.2 Å². The number of hydrogen-bond donors (Lipinski definition) is 0. The third-order valence-corrected chi connectivity index (χ3v) is 7.76. The Hall–Kier alpha value is -6.55. The van der Waals surface area contributed by atoms with Crippen molar-refractivity contribution in [1.29, 1.82) is 0 Å². The van der Waals surface area contributed by atoms with Crippen molar-refractivity contribution >= 4 is 68.5 Å². The zero-order valence-corrected chi connectivity index (χ0v) is 28.1. The highest BCUT2D eigenvalue weighted by Crippen LogP contribution is 2.40. The van der Waals surface area contributed by atoms with Gasteiger partial charge >= 0.3 is 11.9 Å². The number of oxime groups is 2. The first-order valence-corrected chi connectivity index (χ1v) is 15.6. The Morgan fingerprint density at radius 3 is 1.50 bits per heavy atom. The lowest BCUT2D eigenvalue weighted by molar-refractivity contribution is -0.141. The molecule has 0 atom stereocenters. The minimum absolute atomic E-state index is 0.0107. The molecule has 5 rings (SSSR count). The largest absolute Gasteiger partial charge is 0.331 e. The third kappa shape index (κ3) is 7.77. The van der Waals surface area contributed by atoms with Crippen molar-refractivity contribution in [3.8, 4) is 0 Å². The number of fused-ring (bicyclic) bond motifs is 1. The standard InChI is InChI=1S/C40H33N3O7/c1-24-10-12-30(13-11-24)40(48)31-16-20-33(21-17-31)43(32-18-14-29(15-19-32)38(46)25(2)41-49-27(4)44)37-23-22-36(34-8-6-7-9-35(34)37)39(47)26(3)42-50-28(5)45/h6-23H,1-5H3/b41-25-,42-26-. The van der Waals surface area contributed by atoms with E-state index in [1.165, 1.54) is 27.7 Å². The van der Waals surface area contributed by atoms with Gasteiger partial charge in [-0.15, -0.1) is 0 Å². The van der Waals surface area contributed by atoms with Crippen LogP contribution < -0.4 is 4.90 Å². The van der Waals surface area contributed by atoms with Crippen LogP contribution in [0.1, 0.15) is 69.9 Å². The zero-order chi connectivity index (χ0) is 35.9. The molecule has 0 aromatic heterocycles. The van der Waals surface area contributed by atoms with Crippen LogP contribution in [0.25, 0.3) is 10.8 Å². The van der Waals surface area contributed by atoms with Gasteiger partial charge < -0.3 is 14.6 Å². The molecule has 0 saturated heterocycles. The Labute approximate surface area is 288 Å². The van der Waals surface area contributed by atoms with Gasteiger partial charge in [0.05, 0.1) is 5.69 Å². The van der Waals surface area contributed by atoms with Gasteiger partial charge in [0.2, 0.25) is 11.6 Å². The summed E-state index contributed by atoms with van der Waals surface area (Å²) in [5.41, 5.74) is 4.93. The van der Waals surface area contributed by atoms with E-state index in [2.05, 4.69) is 15.1 Å². The maximum absolute atomic E-state index is 13.4. The van der Waals surface area contributed by atoms with Gasteiger partial charge in [0.1, 0.15) is 11.4 Å². The number of anilines is 3. The first-order chi connectivity index (χ1) is 23.9. The molecule has 5 aromatic rings. The number of carbonyl (C=O) groups excluding carboxylic acids is 5. The van der Waals surface area contributed by atoms with Crippen LogP contribution in [0.15, 0.2) is 120 Å². The van der Waals surface area contributed by atoms with Crippen molar-refractivity contribution in [2.45, 2.75) is 34.6 Å². The third-order valence-electron chi connectivity index (χ3n) is 7.76. The number of ketones is 3. The zero-order valence-electron chi connectivity index (χ0n) is 28.1. The first-order valence-electron chi connectivity index (χ1n) is 15.6. The fourth-order valence-electron chi connectivity index (χ4n) is 5.25. The average Bonchev–Trinajstić information content (AvgIpc) is 3.13. The van der Waals surface area contributed by atoms with Gasteiger partial charge in [-0.3, -0.25) is 14.4 Å². The van der Waals surface area contributed by atoms with E-state index in [0.29, 0.717) is 44.7 Å². The van der Waals surface area contributed by atoms with Crippen molar-refractivity contribution in [3.63, 3.8) is 0 Å². The fraction of sp³-hybridized carbons (Fsp3) is 0.125. The van der Waals surface area contributed by atoms with E-state index >= 15 is 0 Å². The summed E-state index contributed by atoms with van der Waals surface area (Å²) < 4.78 is 0. The van der Waals surface area contributed by atoms with E-state index in [0.717, 1.165) is 10.9 Å². The molecule has 0 aliphatic heterocycles. The quantitative estimate of drug-likeness (QED) is 0.0598. The summed E-state index contributed by atoms with van der Waals surface area (Å²) in [6.07, 6.45) is 0. The second-order valence-electron chi connectivity index (χ2n) is 11.5. The summed E-state index contributed by atoms with van der Waals surface area (Å²) in [6, 6.07) is 32.2. The topological polar surface area (TPSA) is 132 Å². The Kier molecular flexibility index (Phi) is 10.5. The van der Waals surface area contributed by atoms with Crippen LogP contribution in [-0.2, 0) is 19.3 Å². The molecular formula is C40H33N3O7. The van der Waals surface area contributed by atoms with Crippen molar-refractivity contribution < 1.29 is 33.6 Å². The highest BCUT2D eigenvalue weighted by atomic mass is 16.7. The van der Waals surface area contributed by atoms with Crippen LogP contribution in [-0.4, -0.2) is 40.7 Å². The Morgan fingerprint density at radius 2 is 0.980 bits per heavy atom. The van der Waals surface area contributed by atoms with E-state index < -0.39 is 23.5 Å². The molecule has 0 unspecified atom stereocenters. The van der Waals surface area contributed by atoms with Crippen molar-refractivity contribution in [2.24, 2.45) is 10.3 Å². The fourth-order valence-corrected chi connectivity index (χ4v) is 5.25. The molecule has 0 radical (unpaired) electrons. The molecule has 0 spiro atoms. The molecule has 0 N–H and O–H groups in total. The molecule has 0 heterocycles. The average molecular weight is 668 g/mol. The molecule has 250 valence electrons. The van der Waals surface area contributed by atoms with Crippen LogP contribution in [0.4, 0.5) is 17.1 Å². The van der Waals surface area contributed by atoms with E-state index in [1.54, 1.807) is 60.7 Å². The summed E-state index contributed by atoms with van der Waals surface area (Å²) in [7, 11) is 0. The van der Waals surface area contributed by atoms with Crippen LogP contribution in [0.5, 0.6) is 0 Å². The van der Waals surface area contributed by atoms with Crippen molar-refractivity contribution in [1.82, 2.24) is 0 Å². The molecule has 0 amide bonds. The Balaban J connectivity index is 1.61. The lowest BCUT2D eigenvalue weighted by Gasteiger charge is -2.27. The van der Waals surface area contributed by atoms with Gasteiger partial charge in [0.15, 0.2) is 5.78 Å². The van der Waals surface area contributed by atoms with Crippen LogP contribution >= 0.6 is 0 Å². The molecule has 5 aromatic carbocycles. The minimum atomic E-state index is -0.640. The molecule has 0 saturated carbocycles. The maximum atomic E-state index is 13.4. The summed E-state index contributed by atoms with van der Waals surface area (Å²) in [6.45, 7) is 7.28. The van der Waals surface area contributed by atoms with Gasteiger partial charge in [-0.25, -0.2) is 9.59 Å². The summed E-state index contributed by atoms with van der Waals surface area (Å²) in [5, 5.41) is 8.65. The van der Waals surface area contributed by atoms with Crippen LogP contribution in [0.2, 0.25) is 0 Å². The first kappa shape index (κ1) is 34.8. The number of aryl methyl sites for hydroxylation is 1. The molecule has 0 fully saturated rings. The molecule has 10 heteroatoms. The molecule has 0 bridgehead atoms. The number of benzene rings is 5. The molecule has 0 aliphatic carbocycles. The Morgan fingerprint density at radius 1 is 0.520 bits per heavy atom. The van der Waals surface area contributed by atoms with Crippen molar-refractivity contribution in [3.05, 3.63) is 137 Å². The SMILES string of the molecule is CC(=O)O/N=C(/C)C(=O)c1ccc(N(c2ccc(C(=O)c3ccc(C)cc3)cc2)c2ccc(C(=O)/C(C)=N\OC(C)=O)c3ccccc23)cc1. The normalized spacial score (nSPS) is 11.5. The number of Topliss-reactive ketones (excluding diaryl/α,β-unsaturated/α-hetero) is 2. The lowest BCUT2D eigenvalue weighted by atomic mass is 9.97. The lowest BCUT2D eigenvalue weighted by Crippen LogP contribution is -2.15. The van der Waals surface area contributed by atoms with Gasteiger partial charge in [-0.1, -0.05) is 64.4 Å². The Bertz CT molecular complexity index is 2180. The highest BCUT2D eigenvalue weighted by Gasteiger charge is 2.22. The second-order valence-corrected chi connectivity index (χ2v) is 11.5. The van der Waals surface area contributed by atoms with E-state index in [9.17, 15) is 24.0 Å². The predicted molar refractivity (Wildman–Crippen MR) is 192 cm³/mol. The molecular weight excluding hydrogens is 634 g/mol. The van der Waals surface area contributed by atoms with Gasteiger partial charge in [-0.05, 0) is 86.8 Å². The minimum Gasteiger partial charge on any atom is -0.318 e. The molecule has 50 heavy (non-hydrogen) atoms. The van der Waals surface area contributed by atoms with Gasteiger partial charge in [0.25, 0.3) is 0 Å². The van der Waals surface area contributed by atoms with Gasteiger partial charge in [-0.2, -0.15) is 0 Å². The highest BCUT2D eigenvalue weighted by molar-refractivity contribution is 6.47. The number of hydrogen-bond acceptors (Lipinski definition) is 10. The summed E-state index contributed by atoms with van der Waals surface area (Å²) >= 11 is 0. The van der Waals surface area contributed by atoms with Gasteiger partial charge in [0, 0.05) is 52.9 Å². The van der Waals surface area contributed by atoms with Crippen LogP contribution in [0.3, 0.4) is 0 Å².